The maximum absolute atomic E-state index is 14.4. The molecule has 0 spiro atoms. The number of nitrogens with zero attached hydrogens (tertiary/aromatic N) is 2. The lowest BCUT2D eigenvalue weighted by Gasteiger charge is -2.17. The second-order valence-corrected chi connectivity index (χ2v) is 9.57. The number of carbonyl (C=O) groups is 1. The number of anilines is 1. The standard InChI is InChI=1S/C27H29FN4OS/c28-26-16-21(4-5-22(26)18-29)25-17-24(10-13-30-11-3-12-31-19-33)34-27(25)20-6-8-23(9-7-20)32-14-1-2-15-32/h4-9,16-17,19,30H,1-3,10-15H2,(H,31,33). The highest BCUT2D eigenvalue weighted by Gasteiger charge is 2.16. The molecule has 1 aliphatic heterocycles. The Morgan fingerprint density at radius 3 is 2.50 bits per heavy atom. The molecule has 5 nitrogen and oxygen atoms in total. The average molecular weight is 477 g/mol. The zero-order valence-corrected chi connectivity index (χ0v) is 20.0. The van der Waals surface area contributed by atoms with Crippen LogP contribution >= 0.6 is 11.3 Å². The highest BCUT2D eigenvalue weighted by Crippen LogP contribution is 2.40. The summed E-state index contributed by atoms with van der Waals surface area (Å²) in [5.41, 5.74) is 4.20. The fraction of sp³-hybridized carbons (Fsp3) is 0.333. The zero-order chi connectivity index (χ0) is 23.8. The van der Waals surface area contributed by atoms with Crippen molar-refractivity contribution < 1.29 is 9.18 Å². The Morgan fingerprint density at radius 1 is 1.03 bits per heavy atom. The number of nitrogens with one attached hydrogen (secondary N) is 2. The minimum atomic E-state index is -0.492. The van der Waals surface area contributed by atoms with Crippen LogP contribution in [-0.4, -0.2) is 39.1 Å². The van der Waals surface area contributed by atoms with Crippen LogP contribution < -0.4 is 15.5 Å². The fourth-order valence-corrected chi connectivity index (χ4v) is 5.46. The van der Waals surface area contributed by atoms with E-state index < -0.39 is 5.82 Å². The third-order valence-electron chi connectivity index (χ3n) is 6.09. The van der Waals surface area contributed by atoms with Gasteiger partial charge in [0, 0.05) is 40.6 Å². The number of rotatable bonds is 11. The van der Waals surface area contributed by atoms with Crippen molar-refractivity contribution in [2.45, 2.75) is 25.7 Å². The molecule has 0 atom stereocenters. The number of hydrogen-bond acceptors (Lipinski definition) is 5. The van der Waals surface area contributed by atoms with Crippen molar-refractivity contribution in [3.8, 4) is 27.6 Å². The van der Waals surface area contributed by atoms with E-state index in [1.165, 1.54) is 29.5 Å². The van der Waals surface area contributed by atoms with E-state index >= 15 is 0 Å². The van der Waals surface area contributed by atoms with E-state index in [-0.39, 0.29) is 5.56 Å². The van der Waals surface area contributed by atoms with E-state index in [2.05, 4.69) is 45.9 Å². The van der Waals surface area contributed by atoms with Gasteiger partial charge in [0.05, 0.1) is 5.56 Å². The maximum Gasteiger partial charge on any atom is 0.207 e. The van der Waals surface area contributed by atoms with Gasteiger partial charge in [-0.1, -0.05) is 18.2 Å². The first-order valence-corrected chi connectivity index (χ1v) is 12.6. The van der Waals surface area contributed by atoms with Gasteiger partial charge >= 0.3 is 0 Å². The Labute approximate surface area is 204 Å². The second kappa shape index (κ2) is 11.8. The van der Waals surface area contributed by atoms with Gasteiger partial charge in [0.2, 0.25) is 6.41 Å². The predicted octanol–water partition coefficient (Wildman–Crippen LogP) is 4.96. The summed E-state index contributed by atoms with van der Waals surface area (Å²) in [6, 6.07) is 17.6. The molecule has 2 aromatic carbocycles. The van der Waals surface area contributed by atoms with Crippen LogP contribution in [0, 0.1) is 17.1 Å². The molecular weight excluding hydrogens is 447 g/mol. The van der Waals surface area contributed by atoms with Crippen LogP contribution in [0.4, 0.5) is 10.1 Å². The van der Waals surface area contributed by atoms with Crippen molar-refractivity contribution in [2.75, 3.05) is 37.6 Å². The first kappa shape index (κ1) is 23.9. The molecule has 1 aliphatic rings. The molecule has 34 heavy (non-hydrogen) atoms. The fourth-order valence-electron chi connectivity index (χ4n) is 4.28. The average Bonchev–Trinajstić information content (AvgIpc) is 3.54. The van der Waals surface area contributed by atoms with Crippen molar-refractivity contribution in [2.24, 2.45) is 0 Å². The molecule has 1 fully saturated rings. The molecule has 1 aromatic heterocycles. The molecule has 2 N–H and O–H groups in total. The molecule has 176 valence electrons. The molecule has 1 amide bonds. The summed E-state index contributed by atoms with van der Waals surface area (Å²) < 4.78 is 14.4. The van der Waals surface area contributed by atoms with Gasteiger partial charge in [-0.3, -0.25) is 4.79 Å². The van der Waals surface area contributed by atoms with Gasteiger partial charge in [0.25, 0.3) is 0 Å². The second-order valence-electron chi connectivity index (χ2n) is 8.43. The van der Waals surface area contributed by atoms with Crippen LogP contribution in [-0.2, 0) is 11.2 Å². The van der Waals surface area contributed by atoms with E-state index in [9.17, 15) is 9.18 Å². The van der Waals surface area contributed by atoms with Crippen molar-refractivity contribution >= 4 is 23.4 Å². The molecule has 0 radical (unpaired) electrons. The molecule has 0 saturated carbocycles. The number of nitriles is 1. The van der Waals surface area contributed by atoms with Crippen LogP contribution in [0.25, 0.3) is 21.6 Å². The lowest BCUT2D eigenvalue weighted by molar-refractivity contribution is -0.109. The molecule has 4 rings (SSSR count). The van der Waals surface area contributed by atoms with Gasteiger partial charge in [-0.25, -0.2) is 4.39 Å². The monoisotopic (exact) mass is 476 g/mol. The third kappa shape index (κ3) is 5.82. The van der Waals surface area contributed by atoms with E-state index in [1.807, 2.05) is 12.1 Å². The Hall–Kier alpha value is -3.21. The third-order valence-corrected chi connectivity index (χ3v) is 7.33. The number of halogens is 1. The smallest absolute Gasteiger partial charge is 0.207 e. The van der Waals surface area contributed by atoms with Crippen molar-refractivity contribution in [1.29, 1.82) is 5.26 Å². The van der Waals surface area contributed by atoms with E-state index in [0.717, 1.165) is 67.0 Å². The number of benzene rings is 2. The molecule has 3 aromatic rings. The topological polar surface area (TPSA) is 68.2 Å². The van der Waals surface area contributed by atoms with Crippen LogP contribution in [0.2, 0.25) is 0 Å². The number of carbonyl (C=O) groups excluding carboxylic acids is 1. The van der Waals surface area contributed by atoms with Crippen molar-refractivity contribution in [1.82, 2.24) is 10.6 Å². The largest absolute Gasteiger partial charge is 0.372 e. The van der Waals surface area contributed by atoms with E-state index in [1.54, 1.807) is 17.4 Å². The summed E-state index contributed by atoms with van der Waals surface area (Å²) in [6.45, 7) is 4.55. The number of thiophene rings is 1. The van der Waals surface area contributed by atoms with Gasteiger partial charge < -0.3 is 15.5 Å². The minimum absolute atomic E-state index is 0.0592. The maximum atomic E-state index is 14.4. The first-order chi connectivity index (χ1) is 16.7. The van der Waals surface area contributed by atoms with Crippen molar-refractivity contribution in [3.63, 3.8) is 0 Å². The van der Waals surface area contributed by atoms with Gasteiger partial charge in [-0.05, 0) is 80.2 Å². The summed E-state index contributed by atoms with van der Waals surface area (Å²) in [5, 5.41) is 15.2. The normalized spacial score (nSPS) is 13.1. The Morgan fingerprint density at radius 2 is 1.79 bits per heavy atom. The number of amides is 1. The molecular formula is C27H29FN4OS. The Balaban J connectivity index is 1.55. The lowest BCUT2D eigenvalue weighted by Crippen LogP contribution is -2.22. The molecule has 0 bridgehead atoms. The minimum Gasteiger partial charge on any atom is -0.372 e. The van der Waals surface area contributed by atoms with Crippen molar-refractivity contribution in [3.05, 3.63) is 64.8 Å². The predicted molar refractivity (Wildman–Crippen MR) is 137 cm³/mol. The van der Waals surface area contributed by atoms with Crippen LogP contribution in [0.1, 0.15) is 29.7 Å². The summed E-state index contributed by atoms with van der Waals surface area (Å²) in [4.78, 5) is 15.1. The van der Waals surface area contributed by atoms with Crippen LogP contribution in [0.5, 0.6) is 0 Å². The van der Waals surface area contributed by atoms with E-state index in [4.69, 9.17) is 5.26 Å². The Bertz CT molecular complexity index is 1150. The van der Waals surface area contributed by atoms with Crippen LogP contribution in [0.15, 0.2) is 48.5 Å². The summed E-state index contributed by atoms with van der Waals surface area (Å²) >= 11 is 1.73. The van der Waals surface area contributed by atoms with Crippen LogP contribution in [0.3, 0.4) is 0 Å². The summed E-state index contributed by atoms with van der Waals surface area (Å²) in [6.07, 6.45) is 4.95. The molecule has 2 heterocycles. The molecule has 0 unspecified atom stereocenters. The lowest BCUT2D eigenvalue weighted by atomic mass is 10.0. The van der Waals surface area contributed by atoms with Gasteiger partial charge in [-0.2, -0.15) is 5.26 Å². The SMILES string of the molecule is N#Cc1ccc(-c2cc(CCNCCCNC=O)sc2-c2ccc(N3CCCC3)cc2)cc1F. The van der Waals surface area contributed by atoms with Gasteiger partial charge in [0.15, 0.2) is 0 Å². The zero-order valence-electron chi connectivity index (χ0n) is 19.1. The summed E-state index contributed by atoms with van der Waals surface area (Å²) in [7, 11) is 0. The van der Waals surface area contributed by atoms with E-state index in [0.29, 0.717) is 6.54 Å². The molecule has 1 saturated heterocycles. The summed E-state index contributed by atoms with van der Waals surface area (Å²) in [5.74, 6) is -0.492. The van der Waals surface area contributed by atoms with Gasteiger partial charge in [0.1, 0.15) is 11.9 Å². The van der Waals surface area contributed by atoms with Gasteiger partial charge in [-0.15, -0.1) is 11.3 Å². The first-order valence-electron chi connectivity index (χ1n) is 11.8. The quantitative estimate of drug-likeness (QED) is 0.303. The number of hydrogen-bond donors (Lipinski definition) is 2. The Kier molecular flexibility index (Phi) is 8.29. The highest BCUT2D eigenvalue weighted by atomic mass is 32.1. The molecule has 7 heteroatoms. The molecule has 0 aliphatic carbocycles. The highest BCUT2D eigenvalue weighted by molar-refractivity contribution is 7.16.